The first kappa shape index (κ1) is 48.9. The molecule has 0 heterocycles. The van der Waals surface area contributed by atoms with Crippen LogP contribution in [0.1, 0.15) is 183 Å². The van der Waals surface area contributed by atoms with Crippen LogP contribution in [0.3, 0.4) is 0 Å². The smallest absolute Gasteiger partial charge is 0.0520 e. The Hall–Kier alpha value is -4.56. The summed E-state index contributed by atoms with van der Waals surface area (Å²) >= 11 is 0. The van der Waals surface area contributed by atoms with Crippen LogP contribution in [0, 0.1) is 34.6 Å². The highest BCUT2D eigenvalue weighted by Crippen LogP contribution is 2.45. The van der Waals surface area contributed by atoms with Gasteiger partial charge in [0.2, 0.25) is 0 Å². The maximum Gasteiger partial charge on any atom is 0.0520 e. The molecule has 6 rings (SSSR count). The van der Waals surface area contributed by atoms with Gasteiger partial charge in [-0.3, -0.25) is 0 Å². The van der Waals surface area contributed by atoms with Gasteiger partial charge in [0.05, 0.1) is 5.69 Å². The van der Waals surface area contributed by atoms with Gasteiger partial charge in [-0.25, -0.2) is 0 Å². The molecule has 0 saturated carbocycles. The number of aryl methyl sites for hydroxylation is 8. The quantitative estimate of drug-likeness (QED) is 0.0526. The minimum Gasteiger partial charge on any atom is -0.338 e. The summed E-state index contributed by atoms with van der Waals surface area (Å²) in [7, 11) is 0. The number of unbranched alkanes of at least 4 members (excludes halogenated alkanes) is 7. The van der Waals surface area contributed by atoms with Gasteiger partial charge in [-0.2, -0.15) is 0 Å². The number of hydrogen-bond acceptors (Lipinski definition) is 2. The molecule has 0 amide bonds. The molecule has 0 aromatic heterocycles. The summed E-state index contributed by atoms with van der Waals surface area (Å²) in [5.74, 6) is 0. The van der Waals surface area contributed by atoms with Crippen molar-refractivity contribution >= 4 is 50.0 Å². The molecule has 2 nitrogen and oxygen atoms in total. The highest BCUT2D eigenvalue weighted by molar-refractivity contribution is 6.12. The van der Waals surface area contributed by atoms with E-state index in [9.17, 15) is 0 Å². The normalized spacial score (nSPS) is 12.4. The van der Waals surface area contributed by atoms with E-state index >= 15 is 0 Å². The van der Waals surface area contributed by atoms with Crippen LogP contribution in [0.4, 0.5) is 28.4 Å². The average Bonchev–Trinajstić information content (AvgIpc) is 3.26. The van der Waals surface area contributed by atoms with Crippen molar-refractivity contribution in [3.63, 3.8) is 0 Å². The molecule has 0 fully saturated rings. The molecular formula is C62H84N2. The third kappa shape index (κ3) is 11.1. The summed E-state index contributed by atoms with van der Waals surface area (Å²) in [4.78, 5) is 5.24. The van der Waals surface area contributed by atoms with Crippen LogP contribution >= 0.6 is 0 Å². The van der Waals surface area contributed by atoms with E-state index in [4.69, 9.17) is 0 Å². The average molecular weight is 857 g/mol. The Balaban J connectivity index is 1.56. The number of anilines is 5. The molecule has 0 aliphatic rings. The Morgan fingerprint density at radius 3 is 1.48 bits per heavy atom. The van der Waals surface area contributed by atoms with E-state index in [0.717, 1.165) is 32.1 Å². The van der Waals surface area contributed by atoms with Gasteiger partial charge in [0.25, 0.3) is 0 Å². The minimum absolute atomic E-state index is 0.0884. The lowest BCUT2D eigenvalue weighted by atomic mass is 9.87. The zero-order chi connectivity index (χ0) is 46.1. The second-order valence-electron chi connectivity index (χ2n) is 20.6. The summed E-state index contributed by atoms with van der Waals surface area (Å²) in [5, 5.41) is 5.52. The summed E-state index contributed by atoms with van der Waals surface area (Å²) in [5.41, 5.74) is 19.2. The predicted octanol–water partition coefficient (Wildman–Crippen LogP) is 19.2. The lowest BCUT2D eigenvalue weighted by Crippen LogP contribution is -2.29. The maximum atomic E-state index is 2.69. The fourth-order valence-corrected chi connectivity index (χ4v) is 10.7. The first-order valence-electron chi connectivity index (χ1n) is 25.6. The second kappa shape index (κ2) is 22.1. The van der Waals surface area contributed by atoms with E-state index in [1.54, 1.807) is 0 Å². The maximum absolute atomic E-state index is 2.69. The van der Waals surface area contributed by atoms with Gasteiger partial charge in [0.15, 0.2) is 0 Å². The van der Waals surface area contributed by atoms with Gasteiger partial charge in [0, 0.05) is 28.8 Å². The van der Waals surface area contributed by atoms with E-state index in [-0.39, 0.29) is 5.41 Å². The van der Waals surface area contributed by atoms with Crippen molar-refractivity contribution in [1.82, 2.24) is 0 Å². The van der Waals surface area contributed by atoms with Gasteiger partial charge in [-0.1, -0.05) is 148 Å². The molecule has 342 valence electrons. The molecule has 0 aliphatic carbocycles. The Labute approximate surface area is 390 Å². The minimum atomic E-state index is 0.0884. The fourth-order valence-electron chi connectivity index (χ4n) is 10.7. The first-order chi connectivity index (χ1) is 30.7. The van der Waals surface area contributed by atoms with Crippen LogP contribution in [0.5, 0.6) is 0 Å². The van der Waals surface area contributed by atoms with Crippen molar-refractivity contribution in [2.24, 2.45) is 0 Å². The molecule has 64 heavy (non-hydrogen) atoms. The highest BCUT2D eigenvalue weighted by Gasteiger charge is 2.24. The van der Waals surface area contributed by atoms with Crippen molar-refractivity contribution in [3.05, 3.63) is 135 Å². The molecule has 2 heteroatoms. The van der Waals surface area contributed by atoms with Crippen molar-refractivity contribution < 1.29 is 0 Å². The zero-order valence-electron chi connectivity index (χ0n) is 42.7. The van der Waals surface area contributed by atoms with Gasteiger partial charge < -0.3 is 9.80 Å². The molecular weight excluding hydrogens is 773 g/mol. The lowest BCUT2D eigenvalue weighted by molar-refractivity contribution is 0.590. The van der Waals surface area contributed by atoms with Crippen molar-refractivity contribution in [1.29, 1.82) is 0 Å². The Morgan fingerprint density at radius 2 is 0.938 bits per heavy atom. The van der Waals surface area contributed by atoms with Crippen LogP contribution in [0.25, 0.3) is 21.5 Å². The van der Waals surface area contributed by atoms with E-state index in [1.165, 1.54) is 164 Å². The van der Waals surface area contributed by atoms with E-state index in [1.807, 2.05) is 0 Å². The van der Waals surface area contributed by atoms with Crippen LogP contribution in [-0.2, 0) is 24.7 Å². The van der Waals surface area contributed by atoms with E-state index in [2.05, 4.69) is 185 Å². The van der Waals surface area contributed by atoms with Crippen LogP contribution in [-0.4, -0.2) is 6.04 Å². The van der Waals surface area contributed by atoms with E-state index in [0.29, 0.717) is 6.04 Å². The monoisotopic (exact) mass is 857 g/mol. The molecule has 0 radical (unpaired) electrons. The molecule has 1 atom stereocenters. The molecule has 1 unspecified atom stereocenters. The van der Waals surface area contributed by atoms with Crippen molar-refractivity contribution in [2.75, 3.05) is 9.80 Å². The summed E-state index contributed by atoms with van der Waals surface area (Å²) < 4.78 is 0. The Kier molecular flexibility index (Phi) is 16.9. The topological polar surface area (TPSA) is 6.48 Å². The third-order valence-corrected chi connectivity index (χ3v) is 14.1. The van der Waals surface area contributed by atoms with Crippen LogP contribution in [0.15, 0.2) is 84.9 Å². The molecule has 0 spiro atoms. The van der Waals surface area contributed by atoms with Crippen LogP contribution < -0.4 is 9.80 Å². The van der Waals surface area contributed by atoms with Crippen molar-refractivity contribution in [3.8, 4) is 0 Å². The second-order valence-corrected chi connectivity index (χ2v) is 20.6. The molecule has 0 saturated heterocycles. The lowest BCUT2D eigenvalue weighted by Gasteiger charge is -2.35. The molecule has 6 aromatic carbocycles. The summed E-state index contributed by atoms with van der Waals surface area (Å²) in [6, 6.07) is 34.4. The number of benzene rings is 6. The summed E-state index contributed by atoms with van der Waals surface area (Å²) in [6.07, 6.45) is 18.4. The largest absolute Gasteiger partial charge is 0.338 e. The first-order valence-corrected chi connectivity index (χ1v) is 25.6. The summed E-state index contributed by atoms with van der Waals surface area (Å²) in [6.45, 7) is 30.3. The number of nitrogens with zero attached hydrogens (tertiary/aromatic N) is 2. The highest BCUT2D eigenvalue weighted by atomic mass is 15.2. The standard InChI is InChI=1S/C62H84N2/c1-14-18-21-22-23-24-28-55-48(10)58-41-54(64(52-31-29-51(30-32-52)62(11,12)13)61-45(7)39-50(27-20-16-3)40-46(61)8)34-35-56(58)57-36-33-53(42-59(55)57)63(47(9)25-17-4)60-43(5)37-49(26-19-15-2)38-44(60)6/h29-42,47H,14-28H2,1-13H3. The fraction of sp³-hybridized carbons (Fsp3) is 0.484. The predicted molar refractivity (Wildman–Crippen MR) is 286 cm³/mol. The SMILES string of the molecule is CCCCCCCCc1c(C)c2cc(N(c3ccc(C(C)(C)C)cc3)c3c(C)cc(CCCC)cc3C)ccc2c2ccc(N(c3c(C)cc(CCCC)cc3C)C(C)CCC)cc12. The third-order valence-electron chi connectivity index (χ3n) is 14.1. The molecule has 0 bridgehead atoms. The Morgan fingerprint density at radius 1 is 0.453 bits per heavy atom. The van der Waals surface area contributed by atoms with Crippen LogP contribution in [0.2, 0.25) is 0 Å². The van der Waals surface area contributed by atoms with Gasteiger partial charge in [-0.05, 0) is 200 Å². The van der Waals surface area contributed by atoms with E-state index < -0.39 is 0 Å². The van der Waals surface area contributed by atoms with Gasteiger partial charge in [0.1, 0.15) is 0 Å². The Bertz CT molecular complexity index is 2430. The molecule has 6 aromatic rings. The number of hydrogen-bond donors (Lipinski definition) is 0. The number of rotatable bonds is 21. The van der Waals surface area contributed by atoms with Crippen molar-refractivity contribution in [2.45, 2.75) is 198 Å². The molecule has 0 N–H and O–H groups in total. The zero-order valence-corrected chi connectivity index (χ0v) is 42.7. The number of fused-ring (bicyclic) bond motifs is 3. The molecule has 0 aliphatic heterocycles. The van der Waals surface area contributed by atoms with Gasteiger partial charge >= 0.3 is 0 Å². The van der Waals surface area contributed by atoms with Gasteiger partial charge in [-0.15, -0.1) is 0 Å².